The van der Waals surface area contributed by atoms with E-state index in [1.165, 1.54) is 0 Å². The van der Waals surface area contributed by atoms with Crippen LogP contribution in [0.5, 0.6) is 0 Å². The van der Waals surface area contributed by atoms with Crippen molar-refractivity contribution in [3.63, 3.8) is 0 Å². The van der Waals surface area contributed by atoms with Gasteiger partial charge in [-0.2, -0.15) is 0 Å². The number of halogens is 2. The van der Waals surface area contributed by atoms with E-state index in [-0.39, 0.29) is 11.9 Å². The zero-order valence-electron chi connectivity index (χ0n) is 10.9. The Bertz CT molecular complexity index is 479. The van der Waals surface area contributed by atoms with Gasteiger partial charge in [0.2, 0.25) is 0 Å². The molecule has 3 nitrogen and oxygen atoms in total. The van der Waals surface area contributed by atoms with E-state index in [4.69, 9.17) is 17.3 Å². The average Bonchev–Trinajstić information content (AvgIpc) is 2.41. The summed E-state index contributed by atoms with van der Waals surface area (Å²) >= 11 is 8.16. The number of hydrogen-bond acceptors (Lipinski definition) is 2. The summed E-state index contributed by atoms with van der Waals surface area (Å²) in [5.74, 6) is 0.465. The lowest BCUT2D eigenvalue weighted by Gasteiger charge is -2.34. The van der Waals surface area contributed by atoms with Gasteiger partial charge >= 0.3 is 0 Å². The molecule has 1 aliphatic rings. The number of benzene rings is 1. The first-order valence-corrected chi connectivity index (χ1v) is 7.94. The molecule has 0 aromatic heterocycles. The summed E-state index contributed by atoms with van der Waals surface area (Å²) in [5.41, 5.74) is 6.65. The molecule has 1 aliphatic heterocycles. The molecular formula is C14H18ClIN2O. The second-order valence-corrected chi connectivity index (χ2v) is 6.74. The summed E-state index contributed by atoms with van der Waals surface area (Å²) in [6, 6.07) is 5.57. The highest BCUT2D eigenvalue weighted by Crippen LogP contribution is 2.24. The quantitative estimate of drug-likeness (QED) is 0.786. The average molecular weight is 393 g/mol. The van der Waals surface area contributed by atoms with Gasteiger partial charge in [0, 0.05) is 27.7 Å². The van der Waals surface area contributed by atoms with Crippen LogP contribution in [0.4, 0.5) is 0 Å². The summed E-state index contributed by atoms with van der Waals surface area (Å²) in [7, 11) is 0. The van der Waals surface area contributed by atoms with E-state index in [1.807, 2.05) is 17.9 Å². The lowest BCUT2D eigenvalue weighted by atomic mass is 9.92. The minimum absolute atomic E-state index is 0.0669. The Labute approximate surface area is 132 Å². The molecule has 104 valence electrons. The Hall–Kier alpha value is -0.330. The van der Waals surface area contributed by atoms with E-state index in [1.54, 1.807) is 12.1 Å². The van der Waals surface area contributed by atoms with Crippen LogP contribution in [0.3, 0.4) is 0 Å². The second kappa shape index (κ2) is 6.41. The van der Waals surface area contributed by atoms with Gasteiger partial charge < -0.3 is 10.6 Å². The van der Waals surface area contributed by atoms with Crippen LogP contribution >= 0.6 is 34.2 Å². The van der Waals surface area contributed by atoms with Gasteiger partial charge in [-0.15, -0.1) is 0 Å². The molecule has 1 saturated heterocycles. The van der Waals surface area contributed by atoms with Crippen LogP contribution < -0.4 is 5.73 Å². The number of nitrogens with zero attached hydrogens (tertiary/aromatic N) is 1. The van der Waals surface area contributed by atoms with E-state index < -0.39 is 0 Å². The van der Waals surface area contributed by atoms with Gasteiger partial charge in [-0.3, -0.25) is 4.79 Å². The topological polar surface area (TPSA) is 46.3 Å². The zero-order chi connectivity index (χ0) is 14.0. The molecule has 1 fully saturated rings. The van der Waals surface area contributed by atoms with Crippen LogP contribution in [-0.4, -0.2) is 29.9 Å². The summed E-state index contributed by atoms with van der Waals surface area (Å²) in [6.07, 6.45) is 2.13. The van der Waals surface area contributed by atoms with Crippen LogP contribution in [0.2, 0.25) is 5.02 Å². The number of carbonyl (C=O) groups is 1. The molecule has 0 spiro atoms. The van der Waals surface area contributed by atoms with E-state index >= 15 is 0 Å². The van der Waals surface area contributed by atoms with Gasteiger partial charge in [0.25, 0.3) is 5.91 Å². The molecule has 1 aromatic carbocycles. The van der Waals surface area contributed by atoms with Crippen molar-refractivity contribution in [2.24, 2.45) is 11.7 Å². The highest BCUT2D eigenvalue weighted by atomic mass is 127. The first-order chi connectivity index (χ1) is 8.99. The summed E-state index contributed by atoms with van der Waals surface area (Å²) in [4.78, 5) is 14.5. The fourth-order valence-electron chi connectivity index (χ4n) is 2.46. The smallest absolute Gasteiger partial charge is 0.254 e. The third-order valence-corrected chi connectivity index (χ3v) is 4.82. The third kappa shape index (κ3) is 3.61. The molecule has 1 amide bonds. The predicted octanol–water partition coefficient (Wildman–Crippen LogP) is 3.14. The summed E-state index contributed by atoms with van der Waals surface area (Å²) < 4.78 is 0.940. The van der Waals surface area contributed by atoms with E-state index in [9.17, 15) is 4.79 Å². The number of hydrogen-bond donors (Lipinski definition) is 1. The third-order valence-electron chi connectivity index (χ3n) is 3.65. The predicted molar refractivity (Wildman–Crippen MR) is 86.4 cm³/mol. The molecule has 2 N–H and O–H groups in total. The van der Waals surface area contributed by atoms with Gasteiger partial charge in [0.1, 0.15) is 0 Å². The molecule has 5 heteroatoms. The Kier molecular flexibility index (Phi) is 5.09. The maximum atomic E-state index is 12.6. The molecule has 2 atom stereocenters. The summed E-state index contributed by atoms with van der Waals surface area (Å²) in [6.45, 7) is 3.57. The Morgan fingerprint density at radius 1 is 1.58 bits per heavy atom. The van der Waals surface area contributed by atoms with Gasteiger partial charge in [-0.1, -0.05) is 11.6 Å². The van der Waals surface area contributed by atoms with E-state index in [2.05, 4.69) is 22.6 Å². The Morgan fingerprint density at radius 2 is 2.32 bits per heavy atom. The molecule has 2 unspecified atom stereocenters. The van der Waals surface area contributed by atoms with Gasteiger partial charge in [0.15, 0.2) is 0 Å². The lowest BCUT2D eigenvalue weighted by molar-refractivity contribution is 0.0660. The number of nitrogens with two attached hydrogens (primary N) is 1. The molecule has 0 radical (unpaired) electrons. The molecule has 2 rings (SSSR count). The molecule has 19 heavy (non-hydrogen) atoms. The Balaban J connectivity index is 2.17. The monoisotopic (exact) mass is 392 g/mol. The largest absolute Gasteiger partial charge is 0.338 e. The molecule has 1 aromatic rings. The van der Waals surface area contributed by atoms with Crippen molar-refractivity contribution in [3.8, 4) is 0 Å². The SMILES string of the molecule is CC(N)C1CCCN(C(=O)c2cc(Cl)ccc2I)C1. The number of piperidine rings is 1. The minimum atomic E-state index is 0.0669. The van der Waals surface area contributed by atoms with E-state index in [0.29, 0.717) is 16.5 Å². The van der Waals surface area contributed by atoms with Gasteiger partial charge in [-0.05, 0) is 66.5 Å². The van der Waals surface area contributed by atoms with Crippen LogP contribution in [0.1, 0.15) is 30.1 Å². The fourth-order valence-corrected chi connectivity index (χ4v) is 3.19. The number of carbonyl (C=O) groups excluding carboxylic acids is 1. The number of amides is 1. The second-order valence-electron chi connectivity index (χ2n) is 5.14. The molecule has 0 aliphatic carbocycles. The zero-order valence-corrected chi connectivity index (χ0v) is 13.8. The highest BCUT2D eigenvalue weighted by Gasteiger charge is 2.27. The Morgan fingerprint density at radius 3 is 3.00 bits per heavy atom. The number of likely N-dealkylation sites (tertiary alicyclic amines) is 1. The van der Waals surface area contributed by atoms with Gasteiger partial charge in [0.05, 0.1) is 5.56 Å². The normalized spacial score (nSPS) is 21.3. The van der Waals surface area contributed by atoms with Crippen LogP contribution in [0.25, 0.3) is 0 Å². The number of rotatable bonds is 2. The maximum absolute atomic E-state index is 12.6. The van der Waals surface area contributed by atoms with E-state index in [0.717, 1.165) is 29.5 Å². The van der Waals surface area contributed by atoms with Crippen LogP contribution in [-0.2, 0) is 0 Å². The van der Waals surface area contributed by atoms with Crippen molar-refractivity contribution >= 4 is 40.1 Å². The van der Waals surface area contributed by atoms with Crippen molar-refractivity contribution in [2.45, 2.75) is 25.8 Å². The van der Waals surface area contributed by atoms with Crippen molar-refractivity contribution in [1.29, 1.82) is 0 Å². The van der Waals surface area contributed by atoms with Gasteiger partial charge in [-0.25, -0.2) is 0 Å². The van der Waals surface area contributed by atoms with Crippen LogP contribution in [0, 0.1) is 9.49 Å². The molecule has 0 saturated carbocycles. The highest BCUT2D eigenvalue weighted by molar-refractivity contribution is 14.1. The molecule has 1 heterocycles. The molecular weight excluding hydrogens is 375 g/mol. The first-order valence-electron chi connectivity index (χ1n) is 6.49. The van der Waals surface area contributed by atoms with Crippen molar-refractivity contribution in [3.05, 3.63) is 32.4 Å². The molecule has 0 bridgehead atoms. The van der Waals surface area contributed by atoms with Crippen molar-refractivity contribution in [1.82, 2.24) is 4.90 Å². The first kappa shape index (κ1) is 15.1. The maximum Gasteiger partial charge on any atom is 0.254 e. The van der Waals surface area contributed by atoms with Crippen molar-refractivity contribution in [2.75, 3.05) is 13.1 Å². The van der Waals surface area contributed by atoms with Crippen LogP contribution in [0.15, 0.2) is 18.2 Å². The fraction of sp³-hybridized carbons (Fsp3) is 0.500. The minimum Gasteiger partial charge on any atom is -0.338 e. The standard InChI is InChI=1S/C14H18ClIN2O/c1-9(17)10-3-2-6-18(8-10)14(19)12-7-11(15)4-5-13(12)16/h4-5,7,9-10H,2-3,6,8,17H2,1H3. The lowest BCUT2D eigenvalue weighted by Crippen LogP contribution is -2.45. The van der Waals surface area contributed by atoms with Crippen molar-refractivity contribution < 1.29 is 4.79 Å². The summed E-state index contributed by atoms with van der Waals surface area (Å²) in [5, 5.41) is 0.601.